The zero-order valence-electron chi connectivity index (χ0n) is 17.1. The summed E-state index contributed by atoms with van der Waals surface area (Å²) in [4.78, 5) is 24.9. The van der Waals surface area contributed by atoms with Gasteiger partial charge in [0.15, 0.2) is 0 Å². The van der Waals surface area contributed by atoms with Gasteiger partial charge in [0.2, 0.25) is 0 Å². The lowest BCUT2D eigenvalue weighted by atomic mass is 10.1. The number of H-pyrrole nitrogens is 1. The highest BCUT2D eigenvalue weighted by atomic mass is 32.1. The van der Waals surface area contributed by atoms with Crippen LogP contribution in [0.2, 0.25) is 0 Å². The third-order valence-corrected chi connectivity index (χ3v) is 6.82. The Bertz CT molecular complexity index is 1030. The lowest BCUT2D eigenvalue weighted by Crippen LogP contribution is -2.31. The number of aromatic amines is 1. The van der Waals surface area contributed by atoms with Crippen molar-refractivity contribution in [2.24, 2.45) is 5.92 Å². The van der Waals surface area contributed by atoms with Crippen LogP contribution in [0, 0.1) is 5.92 Å². The standard InChI is InChI=1S/C23H29N3O2S/c1-15(2)11-12-26(13-18(27)16-7-4-3-5-8-16)14-20-24-22(28)21-17-9-6-10-19(17)29-23(21)25-20/h3-5,7-8,15,18,27H,6,9-14H2,1-2H3,(H,24,25,28). The number of aromatic nitrogens is 2. The Kier molecular flexibility index (Phi) is 6.13. The topological polar surface area (TPSA) is 69.2 Å². The van der Waals surface area contributed by atoms with Crippen LogP contribution in [0.25, 0.3) is 10.2 Å². The highest BCUT2D eigenvalue weighted by Gasteiger charge is 2.22. The molecular weight excluding hydrogens is 382 g/mol. The van der Waals surface area contributed by atoms with Crippen molar-refractivity contribution in [3.63, 3.8) is 0 Å². The molecule has 0 saturated heterocycles. The average molecular weight is 412 g/mol. The Balaban J connectivity index is 1.56. The van der Waals surface area contributed by atoms with Gasteiger partial charge in [-0.2, -0.15) is 0 Å². The second kappa shape index (κ2) is 8.78. The minimum absolute atomic E-state index is 0.0168. The predicted octanol–water partition coefficient (Wildman–Crippen LogP) is 4.06. The summed E-state index contributed by atoms with van der Waals surface area (Å²) in [5.41, 5.74) is 2.10. The monoisotopic (exact) mass is 411 g/mol. The fourth-order valence-corrected chi connectivity index (χ4v) is 5.32. The smallest absolute Gasteiger partial charge is 0.259 e. The Morgan fingerprint density at radius 2 is 2.03 bits per heavy atom. The molecule has 0 bridgehead atoms. The van der Waals surface area contributed by atoms with Crippen molar-refractivity contribution < 1.29 is 5.11 Å². The van der Waals surface area contributed by atoms with E-state index < -0.39 is 6.10 Å². The van der Waals surface area contributed by atoms with E-state index in [1.165, 1.54) is 10.4 Å². The second-order valence-corrected chi connectivity index (χ2v) is 9.48. The summed E-state index contributed by atoms with van der Waals surface area (Å²) in [7, 11) is 0. The summed E-state index contributed by atoms with van der Waals surface area (Å²) in [5.74, 6) is 1.26. The molecule has 0 fully saturated rings. The van der Waals surface area contributed by atoms with Crippen LogP contribution in [0.3, 0.4) is 0 Å². The number of benzene rings is 1. The number of aliphatic hydroxyl groups excluding tert-OH is 1. The molecule has 2 N–H and O–H groups in total. The van der Waals surface area contributed by atoms with Gasteiger partial charge >= 0.3 is 0 Å². The van der Waals surface area contributed by atoms with E-state index in [1.807, 2.05) is 30.3 Å². The summed E-state index contributed by atoms with van der Waals surface area (Å²) in [6.07, 6.45) is 3.65. The summed E-state index contributed by atoms with van der Waals surface area (Å²) >= 11 is 1.67. The molecule has 0 saturated carbocycles. The molecule has 1 atom stereocenters. The second-order valence-electron chi connectivity index (χ2n) is 8.39. The molecule has 0 radical (unpaired) electrons. The van der Waals surface area contributed by atoms with E-state index in [1.54, 1.807) is 11.3 Å². The largest absolute Gasteiger partial charge is 0.387 e. The lowest BCUT2D eigenvalue weighted by Gasteiger charge is -2.25. The van der Waals surface area contributed by atoms with Gasteiger partial charge in [0.05, 0.1) is 18.0 Å². The Morgan fingerprint density at radius 3 is 2.79 bits per heavy atom. The number of aliphatic hydroxyl groups is 1. The van der Waals surface area contributed by atoms with Crippen molar-refractivity contribution in [3.05, 3.63) is 62.5 Å². The van der Waals surface area contributed by atoms with Gasteiger partial charge in [0.1, 0.15) is 10.7 Å². The Labute approximate surface area is 175 Å². The van der Waals surface area contributed by atoms with Crippen LogP contribution in [-0.4, -0.2) is 33.1 Å². The van der Waals surface area contributed by atoms with Crippen LogP contribution >= 0.6 is 11.3 Å². The van der Waals surface area contributed by atoms with Gasteiger partial charge in [-0.15, -0.1) is 11.3 Å². The number of nitrogens with one attached hydrogen (secondary N) is 1. The van der Waals surface area contributed by atoms with E-state index in [2.05, 4.69) is 23.7 Å². The number of fused-ring (bicyclic) bond motifs is 3. The van der Waals surface area contributed by atoms with Gasteiger partial charge in [-0.3, -0.25) is 9.69 Å². The highest BCUT2D eigenvalue weighted by Crippen LogP contribution is 2.34. The molecule has 2 heterocycles. The van der Waals surface area contributed by atoms with Crippen LogP contribution in [0.5, 0.6) is 0 Å². The van der Waals surface area contributed by atoms with Crippen LogP contribution in [-0.2, 0) is 19.4 Å². The molecule has 29 heavy (non-hydrogen) atoms. The molecular formula is C23H29N3O2S. The molecule has 1 aliphatic carbocycles. The number of aryl methyl sites for hydroxylation is 2. The van der Waals surface area contributed by atoms with Crippen molar-refractivity contribution in [3.8, 4) is 0 Å². The fraction of sp³-hybridized carbons (Fsp3) is 0.478. The minimum Gasteiger partial charge on any atom is -0.387 e. The maximum Gasteiger partial charge on any atom is 0.259 e. The van der Waals surface area contributed by atoms with E-state index >= 15 is 0 Å². The highest BCUT2D eigenvalue weighted by molar-refractivity contribution is 7.18. The normalized spacial score (nSPS) is 14.8. The first-order valence-corrected chi connectivity index (χ1v) is 11.3. The van der Waals surface area contributed by atoms with Gasteiger partial charge in [-0.1, -0.05) is 44.2 Å². The predicted molar refractivity (Wildman–Crippen MR) is 118 cm³/mol. The fourth-order valence-electron chi connectivity index (χ4n) is 4.03. The third kappa shape index (κ3) is 4.60. The van der Waals surface area contributed by atoms with Crippen LogP contribution in [0.1, 0.15) is 54.6 Å². The summed E-state index contributed by atoms with van der Waals surface area (Å²) < 4.78 is 0. The molecule has 6 heteroatoms. The number of hydrogen-bond acceptors (Lipinski definition) is 5. The molecule has 2 aromatic heterocycles. The molecule has 1 aromatic carbocycles. The molecule has 0 spiro atoms. The number of rotatable bonds is 8. The first-order chi connectivity index (χ1) is 14.0. The van der Waals surface area contributed by atoms with E-state index in [0.29, 0.717) is 24.8 Å². The molecule has 0 amide bonds. The molecule has 154 valence electrons. The Hall–Kier alpha value is -2.02. The first kappa shape index (κ1) is 20.3. The number of hydrogen-bond donors (Lipinski definition) is 2. The van der Waals surface area contributed by atoms with Gasteiger partial charge in [-0.05, 0) is 49.3 Å². The molecule has 1 aliphatic rings. The molecule has 1 unspecified atom stereocenters. The SMILES string of the molecule is CC(C)CCN(Cc1nc2sc3c(c2c(=O)[nH]1)CCC3)CC(O)c1ccccc1. The third-order valence-electron chi connectivity index (χ3n) is 5.64. The first-order valence-electron chi connectivity index (χ1n) is 10.5. The van der Waals surface area contributed by atoms with Gasteiger partial charge in [0, 0.05) is 11.4 Å². The van der Waals surface area contributed by atoms with E-state index in [-0.39, 0.29) is 5.56 Å². The molecule has 5 nitrogen and oxygen atoms in total. The van der Waals surface area contributed by atoms with Gasteiger partial charge < -0.3 is 10.1 Å². The maximum atomic E-state index is 12.8. The average Bonchev–Trinajstić information content (AvgIpc) is 3.27. The van der Waals surface area contributed by atoms with Crippen LogP contribution in [0.4, 0.5) is 0 Å². The van der Waals surface area contributed by atoms with Gasteiger partial charge in [0.25, 0.3) is 5.56 Å². The molecule has 4 rings (SSSR count). The maximum absolute atomic E-state index is 12.8. The zero-order valence-corrected chi connectivity index (χ0v) is 18.0. The van der Waals surface area contributed by atoms with Crippen molar-refractivity contribution in [1.82, 2.24) is 14.9 Å². The molecule has 3 aromatic rings. The zero-order chi connectivity index (χ0) is 20.4. The quantitative estimate of drug-likeness (QED) is 0.587. The van der Waals surface area contributed by atoms with E-state index in [0.717, 1.165) is 48.0 Å². The number of nitrogens with zero attached hydrogens (tertiary/aromatic N) is 2. The number of thiophene rings is 1. The van der Waals surface area contributed by atoms with Crippen molar-refractivity contribution >= 4 is 21.6 Å². The lowest BCUT2D eigenvalue weighted by molar-refractivity contribution is 0.104. The van der Waals surface area contributed by atoms with E-state index in [4.69, 9.17) is 4.98 Å². The van der Waals surface area contributed by atoms with Gasteiger partial charge in [-0.25, -0.2) is 4.98 Å². The summed E-state index contributed by atoms with van der Waals surface area (Å²) in [5, 5.41) is 11.5. The van der Waals surface area contributed by atoms with Crippen LogP contribution < -0.4 is 5.56 Å². The van der Waals surface area contributed by atoms with E-state index in [9.17, 15) is 9.90 Å². The van der Waals surface area contributed by atoms with Crippen molar-refractivity contribution in [2.75, 3.05) is 13.1 Å². The van der Waals surface area contributed by atoms with Crippen LogP contribution in [0.15, 0.2) is 35.1 Å². The van der Waals surface area contributed by atoms with Crippen molar-refractivity contribution in [2.45, 2.75) is 52.2 Å². The summed E-state index contributed by atoms with van der Waals surface area (Å²) in [6, 6.07) is 9.74. The van der Waals surface area contributed by atoms with Crippen molar-refractivity contribution in [1.29, 1.82) is 0 Å². The Morgan fingerprint density at radius 1 is 1.24 bits per heavy atom. The molecule has 0 aliphatic heterocycles. The summed E-state index contributed by atoms with van der Waals surface area (Å²) in [6.45, 7) is 6.30. The minimum atomic E-state index is -0.565.